The molecule has 0 radical (unpaired) electrons. The van der Waals surface area contributed by atoms with Crippen LogP contribution in [0.5, 0.6) is 0 Å². The van der Waals surface area contributed by atoms with Gasteiger partial charge in [0, 0.05) is 6.20 Å². The van der Waals surface area contributed by atoms with Crippen molar-refractivity contribution in [2.75, 3.05) is 0 Å². The smallest absolute Gasteiger partial charge is 0.399 e. The van der Waals surface area contributed by atoms with Gasteiger partial charge in [-0.15, -0.1) is 0 Å². The molecule has 3 rings (SSSR count). The van der Waals surface area contributed by atoms with Crippen molar-refractivity contribution in [1.29, 1.82) is 0 Å². The van der Waals surface area contributed by atoms with Gasteiger partial charge >= 0.3 is 7.12 Å². The highest BCUT2D eigenvalue weighted by Crippen LogP contribution is 2.36. The first-order valence-corrected chi connectivity index (χ1v) is 8.54. The molecule has 26 heavy (non-hydrogen) atoms. The van der Waals surface area contributed by atoms with Crippen LogP contribution >= 0.6 is 0 Å². The molecule has 3 N–H and O–H groups in total. The van der Waals surface area contributed by atoms with Crippen LogP contribution in [-0.2, 0) is 14.2 Å². The van der Waals surface area contributed by atoms with Crippen LogP contribution in [0.4, 0.5) is 0 Å². The average molecular weight is 354 g/mol. The molecular weight excluding hydrogens is 327 g/mol. The highest BCUT2D eigenvalue weighted by molar-refractivity contribution is 6.62. The standard InChI is InChI=1S/C18H21BO2.C2H6N2O/c1-17(2)18(3,4)21-19(20-17)16-12-10-15(11-13-16)14-8-6-5-7-9-14;1-2-4-5-3/h5-13H,1-4H3;2,4H,1,3H2. The van der Waals surface area contributed by atoms with Crippen molar-refractivity contribution in [3.8, 4) is 11.1 Å². The van der Waals surface area contributed by atoms with Crippen LogP contribution in [0, 0.1) is 0 Å². The SMILES string of the molecule is C=CNON.CC1(C)OB(c2ccc(-c3ccccc3)cc2)OC1(C)C. The molecule has 0 aromatic heterocycles. The van der Waals surface area contributed by atoms with Gasteiger partial charge in [0.1, 0.15) is 0 Å². The van der Waals surface area contributed by atoms with Crippen molar-refractivity contribution in [2.24, 2.45) is 5.90 Å². The Morgan fingerprint density at radius 2 is 1.42 bits per heavy atom. The Hall–Kier alpha value is -2.12. The Balaban J connectivity index is 0.000000431. The minimum atomic E-state index is -0.296. The molecule has 5 nitrogen and oxygen atoms in total. The van der Waals surface area contributed by atoms with Crippen LogP contribution in [0.25, 0.3) is 11.1 Å². The number of rotatable bonds is 4. The minimum absolute atomic E-state index is 0.292. The van der Waals surface area contributed by atoms with E-state index in [1.807, 2.05) is 6.07 Å². The first-order chi connectivity index (χ1) is 12.3. The highest BCUT2D eigenvalue weighted by Gasteiger charge is 2.51. The van der Waals surface area contributed by atoms with Crippen LogP contribution in [0.1, 0.15) is 27.7 Å². The van der Waals surface area contributed by atoms with Crippen molar-refractivity contribution in [1.82, 2.24) is 5.48 Å². The molecule has 2 aromatic carbocycles. The molecule has 2 aromatic rings. The topological polar surface area (TPSA) is 65.7 Å². The molecule has 0 spiro atoms. The number of benzene rings is 2. The lowest BCUT2D eigenvalue weighted by Crippen LogP contribution is -2.41. The molecule has 1 fully saturated rings. The quantitative estimate of drug-likeness (QED) is 0.652. The lowest BCUT2D eigenvalue weighted by molar-refractivity contribution is 0.00578. The van der Waals surface area contributed by atoms with Gasteiger partial charge in [0.15, 0.2) is 0 Å². The van der Waals surface area contributed by atoms with E-state index in [9.17, 15) is 0 Å². The Morgan fingerprint density at radius 1 is 0.923 bits per heavy atom. The van der Waals surface area contributed by atoms with E-state index in [2.05, 4.69) is 99.1 Å². The van der Waals surface area contributed by atoms with Gasteiger partial charge in [0.2, 0.25) is 0 Å². The fourth-order valence-corrected chi connectivity index (χ4v) is 2.49. The number of hydrogen-bond donors (Lipinski definition) is 2. The summed E-state index contributed by atoms with van der Waals surface area (Å²) in [6.07, 6.45) is 1.33. The zero-order chi connectivity index (χ0) is 19.2. The second-order valence-corrected chi connectivity index (χ2v) is 7.02. The summed E-state index contributed by atoms with van der Waals surface area (Å²) < 4.78 is 12.1. The van der Waals surface area contributed by atoms with Crippen LogP contribution in [0.3, 0.4) is 0 Å². The average Bonchev–Trinajstić information content (AvgIpc) is 2.85. The third-order valence-electron chi connectivity index (χ3n) is 4.69. The van der Waals surface area contributed by atoms with Crippen LogP contribution in [0.2, 0.25) is 0 Å². The van der Waals surface area contributed by atoms with E-state index in [-0.39, 0.29) is 18.3 Å². The fourth-order valence-electron chi connectivity index (χ4n) is 2.49. The molecule has 6 heteroatoms. The molecular formula is C20H27BN2O3. The second-order valence-electron chi connectivity index (χ2n) is 7.02. The van der Waals surface area contributed by atoms with Gasteiger partial charge in [-0.05, 0) is 44.3 Å². The predicted octanol–water partition coefficient (Wildman–Crippen LogP) is 3.18. The van der Waals surface area contributed by atoms with Crippen molar-refractivity contribution >= 4 is 12.6 Å². The number of nitrogens with two attached hydrogens (primary N) is 1. The van der Waals surface area contributed by atoms with Gasteiger partial charge in [-0.25, -0.2) is 0 Å². The Morgan fingerprint density at radius 3 is 1.85 bits per heavy atom. The maximum Gasteiger partial charge on any atom is 0.494 e. The van der Waals surface area contributed by atoms with Crippen LogP contribution in [0.15, 0.2) is 67.4 Å². The lowest BCUT2D eigenvalue weighted by atomic mass is 9.78. The van der Waals surface area contributed by atoms with Crippen molar-refractivity contribution in [2.45, 2.75) is 38.9 Å². The van der Waals surface area contributed by atoms with E-state index in [4.69, 9.17) is 9.31 Å². The summed E-state index contributed by atoms with van der Waals surface area (Å²) in [5, 5.41) is 0. The lowest BCUT2D eigenvalue weighted by Gasteiger charge is -2.32. The summed E-state index contributed by atoms with van der Waals surface area (Å²) in [4.78, 5) is 3.82. The second kappa shape index (κ2) is 8.51. The highest BCUT2D eigenvalue weighted by atomic mass is 16.8. The number of hydroxylamine groups is 1. The fraction of sp³-hybridized carbons (Fsp3) is 0.300. The molecule has 0 bridgehead atoms. The molecule has 1 aliphatic rings. The van der Waals surface area contributed by atoms with Gasteiger partial charge in [-0.1, -0.05) is 61.2 Å². The largest absolute Gasteiger partial charge is 0.494 e. The molecule has 1 aliphatic heterocycles. The molecule has 1 heterocycles. The van der Waals surface area contributed by atoms with Gasteiger partial charge in [0.25, 0.3) is 0 Å². The van der Waals surface area contributed by atoms with E-state index < -0.39 is 0 Å². The zero-order valence-electron chi connectivity index (χ0n) is 15.9. The zero-order valence-corrected chi connectivity index (χ0v) is 15.9. The predicted molar refractivity (Wildman–Crippen MR) is 106 cm³/mol. The van der Waals surface area contributed by atoms with E-state index in [1.54, 1.807) is 0 Å². The summed E-state index contributed by atoms with van der Waals surface area (Å²) in [5.41, 5.74) is 5.05. The van der Waals surface area contributed by atoms with Crippen molar-refractivity contribution < 1.29 is 14.2 Å². The monoisotopic (exact) mass is 354 g/mol. The summed E-state index contributed by atoms with van der Waals surface area (Å²) in [6.45, 7) is 11.5. The Labute approximate surface area is 156 Å². The summed E-state index contributed by atoms with van der Waals surface area (Å²) in [7, 11) is -0.292. The molecule has 0 saturated carbocycles. The third-order valence-corrected chi connectivity index (χ3v) is 4.69. The van der Waals surface area contributed by atoms with E-state index in [1.165, 1.54) is 17.3 Å². The third kappa shape index (κ3) is 4.74. The Kier molecular flexibility index (Phi) is 6.61. The van der Waals surface area contributed by atoms with Crippen molar-refractivity contribution in [3.63, 3.8) is 0 Å². The molecule has 138 valence electrons. The minimum Gasteiger partial charge on any atom is -0.399 e. The summed E-state index contributed by atoms with van der Waals surface area (Å²) in [6, 6.07) is 18.8. The maximum absolute atomic E-state index is 6.07. The van der Waals surface area contributed by atoms with Gasteiger partial charge < -0.3 is 9.31 Å². The van der Waals surface area contributed by atoms with Crippen LogP contribution in [-0.4, -0.2) is 18.3 Å². The molecule has 0 atom stereocenters. The van der Waals surface area contributed by atoms with Gasteiger partial charge in [-0.3, -0.25) is 5.48 Å². The van der Waals surface area contributed by atoms with Gasteiger partial charge in [-0.2, -0.15) is 10.8 Å². The molecule has 0 aliphatic carbocycles. The van der Waals surface area contributed by atoms with E-state index >= 15 is 0 Å². The van der Waals surface area contributed by atoms with Crippen LogP contribution < -0.4 is 16.8 Å². The number of hydrogen-bond acceptors (Lipinski definition) is 5. The van der Waals surface area contributed by atoms with Gasteiger partial charge in [0.05, 0.1) is 11.2 Å². The normalized spacial score (nSPS) is 17.2. The molecule has 0 unspecified atom stereocenters. The first-order valence-electron chi connectivity index (χ1n) is 8.54. The molecule has 1 saturated heterocycles. The number of nitrogens with one attached hydrogen (secondary N) is 1. The van der Waals surface area contributed by atoms with E-state index in [0.29, 0.717) is 0 Å². The first kappa shape index (κ1) is 20.2. The van der Waals surface area contributed by atoms with E-state index in [0.717, 1.165) is 5.46 Å². The molecule has 0 amide bonds. The summed E-state index contributed by atoms with van der Waals surface area (Å²) >= 11 is 0. The van der Waals surface area contributed by atoms with Crippen molar-refractivity contribution in [3.05, 3.63) is 67.4 Å². The maximum atomic E-state index is 6.07. The summed E-state index contributed by atoms with van der Waals surface area (Å²) in [5.74, 6) is 4.46. The Bertz CT molecular complexity index is 687.